The molecule has 0 spiro atoms. The number of para-hydroxylation sites is 1. The van der Waals surface area contributed by atoms with Gasteiger partial charge in [-0.3, -0.25) is 4.79 Å². The van der Waals surface area contributed by atoms with Crippen molar-refractivity contribution >= 4 is 11.6 Å². The van der Waals surface area contributed by atoms with Crippen LogP contribution in [0.1, 0.15) is 18.4 Å². The second kappa shape index (κ2) is 5.19. The summed E-state index contributed by atoms with van der Waals surface area (Å²) in [6.07, 6.45) is 2.24. The summed E-state index contributed by atoms with van der Waals surface area (Å²) in [5.41, 5.74) is 7.78. The molecule has 1 aliphatic rings. The molecule has 0 unspecified atom stereocenters. The third-order valence-electron chi connectivity index (χ3n) is 2.95. The van der Waals surface area contributed by atoms with Crippen molar-refractivity contribution in [1.82, 2.24) is 5.32 Å². The fraction of sp³-hybridized carbons (Fsp3) is 0.462. The van der Waals surface area contributed by atoms with Crippen LogP contribution >= 0.6 is 0 Å². The molecule has 1 amide bonds. The van der Waals surface area contributed by atoms with Crippen molar-refractivity contribution in [2.45, 2.75) is 25.4 Å². The molecule has 3 N–H and O–H groups in total. The van der Waals surface area contributed by atoms with Crippen LogP contribution in [0.25, 0.3) is 0 Å². The van der Waals surface area contributed by atoms with Crippen LogP contribution in [0.2, 0.25) is 0 Å². The van der Waals surface area contributed by atoms with Gasteiger partial charge in [-0.1, -0.05) is 18.2 Å². The molecule has 1 aromatic rings. The van der Waals surface area contributed by atoms with Crippen molar-refractivity contribution < 1.29 is 4.79 Å². The number of carbonyl (C=O) groups excluding carboxylic acids is 1. The first kappa shape index (κ1) is 11.9. The van der Waals surface area contributed by atoms with Gasteiger partial charge in [0, 0.05) is 25.3 Å². The Morgan fingerprint density at radius 3 is 2.82 bits per heavy atom. The van der Waals surface area contributed by atoms with Gasteiger partial charge >= 0.3 is 0 Å². The summed E-state index contributed by atoms with van der Waals surface area (Å²) in [7, 11) is 1.92. The highest BCUT2D eigenvalue weighted by molar-refractivity contribution is 5.82. The fourth-order valence-electron chi connectivity index (χ4n) is 1.86. The van der Waals surface area contributed by atoms with E-state index < -0.39 is 0 Å². The van der Waals surface area contributed by atoms with E-state index in [0.717, 1.165) is 24.1 Å². The maximum absolute atomic E-state index is 11.7. The average Bonchev–Trinajstić information content (AvgIpc) is 3.12. The lowest BCUT2D eigenvalue weighted by atomic mass is 10.1. The summed E-state index contributed by atoms with van der Waals surface area (Å²) in [6, 6.07) is 8.32. The standard InChI is InChI=1S/C13H19N3O/c1-16(9-13(17)15-11-6-7-11)12-5-3-2-4-10(12)8-14/h2-5,11H,6-9,14H2,1H3,(H,15,17). The number of rotatable bonds is 5. The van der Waals surface area contributed by atoms with Crippen LogP contribution in [0.15, 0.2) is 24.3 Å². The van der Waals surface area contributed by atoms with Crippen LogP contribution in [0, 0.1) is 0 Å². The molecule has 1 saturated carbocycles. The van der Waals surface area contributed by atoms with Gasteiger partial charge in [-0.05, 0) is 24.5 Å². The van der Waals surface area contributed by atoms with Crippen molar-refractivity contribution in [1.29, 1.82) is 0 Å². The molecule has 0 bridgehead atoms. The molecule has 0 saturated heterocycles. The molecule has 2 rings (SSSR count). The third-order valence-corrected chi connectivity index (χ3v) is 2.95. The highest BCUT2D eigenvalue weighted by Gasteiger charge is 2.23. The second-order valence-electron chi connectivity index (χ2n) is 4.53. The number of nitrogens with zero attached hydrogens (tertiary/aromatic N) is 1. The highest BCUT2D eigenvalue weighted by atomic mass is 16.2. The molecule has 1 fully saturated rings. The van der Waals surface area contributed by atoms with E-state index in [4.69, 9.17) is 5.73 Å². The Kier molecular flexibility index (Phi) is 3.64. The Morgan fingerprint density at radius 2 is 2.18 bits per heavy atom. The summed E-state index contributed by atoms with van der Waals surface area (Å²) < 4.78 is 0. The van der Waals surface area contributed by atoms with E-state index in [1.807, 2.05) is 36.2 Å². The van der Waals surface area contributed by atoms with Gasteiger partial charge in [0.25, 0.3) is 0 Å². The molecule has 0 atom stereocenters. The van der Waals surface area contributed by atoms with Gasteiger partial charge in [0.2, 0.25) is 5.91 Å². The number of amides is 1. The van der Waals surface area contributed by atoms with Crippen LogP contribution < -0.4 is 16.0 Å². The third kappa shape index (κ3) is 3.20. The van der Waals surface area contributed by atoms with Gasteiger partial charge in [-0.2, -0.15) is 0 Å². The van der Waals surface area contributed by atoms with Gasteiger partial charge < -0.3 is 16.0 Å². The number of nitrogens with two attached hydrogens (primary N) is 1. The van der Waals surface area contributed by atoms with E-state index in [-0.39, 0.29) is 5.91 Å². The Bertz CT molecular complexity index is 401. The topological polar surface area (TPSA) is 58.4 Å². The average molecular weight is 233 g/mol. The number of nitrogens with one attached hydrogen (secondary N) is 1. The largest absolute Gasteiger partial charge is 0.365 e. The molecule has 0 radical (unpaired) electrons. The lowest BCUT2D eigenvalue weighted by Crippen LogP contribution is -2.36. The Balaban J connectivity index is 1.97. The zero-order chi connectivity index (χ0) is 12.3. The molecular formula is C13H19N3O. The zero-order valence-corrected chi connectivity index (χ0v) is 10.1. The van der Waals surface area contributed by atoms with E-state index in [0.29, 0.717) is 19.1 Å². The van der Waals surface area contributed by atoms with Crippen LogP contribution in [0.3, 0.4) is 0 Å². The minimum Gasteiger partial charge on any atom is -0.365 e. The van der Waals surface area contributed by atoms with Crippen molar-refractivity contribution in [2.24, 2.45) is 5.73 Å². The van der Waals surface area contributed by atoms with Gasteiger partial charge in [-0.25, -0.2) is 0 Å². The van der Waals surface area contributed by atoms with E-state index in [9.17, 15) is 4.79 Å². The van der Waals surface area contributed by atoms with Gasteiger partial charge in [-0.15, -0.1) is 0 Å². The van der Waals surface area contributed by atoms with Crippen LogP contribution in [-0.2, 0) is 11.3 Å². The predicted molar refractivity (Wildman–Crippen MR) is 68.8 cm³/mol. The fourth-order valence-corrected chi connectivity index (χ4v) is 1.86. The quantitative estimate of drug-likeness (QED) is 0.793. The zero-order valence-electron chi connectivity index (χ0n) is 10.1. The van der Waals surface area contributed by atoms with Crippen molar-refractivity contribution in [3.05, 3.63) is 29.8 Å². The molecule has 1 aliphatic carbocycles. The lowest BCUT2D eigenvalue weighted by Gasteiger charge is -2.21. The normalized spacial score (nSPS) is 14.5. The van der Waals surface area contributed by atoms with Gasteiger partial charge in [0.05, 0.1) is 6.54 Å². The number of hydrogen-bond donors (Lipinski definition) is 2. The van der Waals surface area contributed by atoms with E-state index in [1.54, 1.807) is 0 Å². The van der Waals surface area contributed by atoms with E-state index >= 15 is 0 Å². The first-order valence-electron chi connectivity index (χ1n) is 5.99. The number of benzene rings is 1. The predicted octanol–water partition coefficient (Wildman–Crippen LogP) is 0.860. The first-order chi connectivity index (χ1) is 8.20. The smallest absolute Gasteiger partial charge is 0.239 e. The minimum absolute atomic E-state index is 0.0850. The molecule has 0 aromatic heterocycles. The Morgan fingerprint density at radius 1 is 1.47 bits per heavy atom. The second-order valence-corrected chi connectivity index (χ2v) is 4.53. The Hall–Kier alpha value is -1.55. The van der Waals surface area contributed by atoms with Gasteiger partial charge in [0.15, 0.2) is 0 Å². The molecule has 0 heterocycles. The molecule has 17 heavy (non-hydrogen) atoms. The number of carbonyl (C=O) groups is 1. The van der Waals surface area contributed by atoms with Gasteiger partial charge in [0.1, 0.15) is 0 Å². The summed E-state index contributed by atoms with van der Waals surface area (Å²) in [5.74, 6) is 0.0850. The summed E-state index contributed by atoms with van der Waals surface area (Å²) in [6.45, 7) is 0.873. The summed E-state index contributed by atoms with van der Waals surface area (Å²) >= 11 is 0. The summed E-state index contributed by atoms with van der Waals surface area (Å²) in [5, 5.41) is 2.98. The maximum Gasteiger partial charge on any atom is 0.239 e. The minimum atomic E-state index is 0.0850. The molecule has 4 heteroatoms. The molecule has 92 valence electrons. The number of hydrogen-bond acceptors (Lipinski definition) is 3. The van der Waals surface area contributed by atoms with E-state index in [1.165, 1.54) is 0 Å². The monoisotopic (exact) mass is 233 g/mol. The van der Waals surface area contributed by atoms with Crippen LogP contribution in [0.4, 0.5) is 5.69 Å². The van der Waals surface area contributed by atoms with Crippen molar-refractivity contribution in [3.63, 3.8) is 0 Å². The van der Waals surface area contributed by atoms with Crippen LogP contribution in [-0.4, -0.2) is 25.5 Å². The van der Waals surface area contributed by atoms with Crippen molar-refractivity contribution in [3.8, 4) is 0 Å². The number of likely N-dealkylation sites (N-methyl/N-ethyl adjacent to an activating group) is 1. The lowest BCUT2D eigenvalue weighted by molar-refractivity contribution is -0.119. The molecular weight excluding hydrogens is 214 g/mol. The number of anilines is 1. The van der Waals surface area contributed by atoms with Crippen LogP contribution in [0.5, 0.6) is 0 Å². The molecule has 4 nitrogen and oxygen atoms in total. The summed E-state index contributed by atoms with van der Waals surface area (Å²) in [4.78, 5) is 13.6. The Labute approximate surface area is 102 Å². The SMILES string of the molecule is CN(CC(=O)NC1CC1)c1ccccc1CN. The van der Waals surface area contributed by atoms with E-state index in [2.05, 4.69) is 5.32 Å². The molecule has 1 aromatic carbocycles. The van der Waals surface area contributed by atoms with Crippen molar-refractivity contribution in [2.75, 3.05) is 18.5 Å². The first-order valence-corrected chi connectivity index (χ1v) is 5.99. The highest BCUT2D eigenvalue weighted by Crippen LogP contribution is 2.20. The molecule has 0 aliphatic heterocycles. The maximum atomic E-state index is 11.7.